The van der Waals surface area contributed by atoms with Crippen LogP contribution < -0.4 is 5.32 Å². The number of carbonyl (C=O) groups is 1. The second-order valence-electron chi connectivity index (χ2n) is 6.65. The third-order valence-corrected chi connectivity index (χ3v) is 5.14. The van der Waals surface area contributed by atoms with Gasteiger partial charge in [-0.15, -0.1) is 0 Å². The van der Waals surface area contributed by atoms with Crippen molar-refractivity contribution in [3.05, 3.63) is 83.7 Å². The molecule has 0 unspecified atom stereocenters. The number of hydrogen-bond acceptors (Lipinski definition) is 2. The van der Waals surface area contributed by atoms with Crippen molar-refractivity contribution in [1.29, 1.82) is 0 Å². The van der Waals surface area contributed by atoms with Crippen LogP contribution in [0.4, 0.5) is 0 Å². The van der Waals surface area contributed by atoms with E-state index in [1.165, 1.54) is 5.56 Å². The first-order valence-electron chi connectivity index (χ1n) is 8.68. The minimum absolute atomic E-state index is 0.0526. The van der Waals surface area contributed by atoms with E-state index in [9.17, 15) is 4.79 Å². The number of nitrogens with zero attached hydrogens (tertiary/aromatic N) is 2. The Kier molecular flexibility index (Phi) is 3.88. The van der Waals surface area contributed by atoms with Crippen molar-refractivity contribution >= 4 is 5.91 Å². The van der Waals surface area contributed by atoms with E-state index in [4.69, 9.17) is 0 Å². The molecule has 4 rings (SSSR count). The van der Waals surface area contributed by atoms with Crippen LogP contribution in [0.1, 0.15) is 40.9 Å². The third kappa shape index (κ3) is 2.74. The molecule has 126 valence electrons. The van der Waals surface area contributed by atoms with Crippen LogP contribution in [-0.2, 0) is 5.54 Å². The van der Waals surface area contributed by atoms with Gasteiger partial charge in [-0.1, -0.05) is 48.5 Å². The van der Waals surface area contributed by atoms with Gasteiger partial charge in [0.25, 0.3) is 5.91 Å². The zero-order valence-electron chi connectivity index (χ0n) is 14.3. The van der Waals surface area contributed by atoms with E-state index in [1.54, 1.807) is 6.20 Å². The van der Waals surface area contributed by atoms with Crippen molar-refractivity contribution in [3.8, 4) is 5.69 Å². The molecule has 4 nitrogen and oxygen atoms in total. The Balaban J connectivity index is 1.61. The second kappa shape index (κ2) is 6.20. The standard InChI is InChI=1S/C21H21N3O/c1-16-19(15-22-24(16)18-11-6-3-7-12-18)20(25)23-21(13-8-14-21)17-9-4-2-5-10-17/h2-7,9-12,15H,8,13-14H2,1H3,(H,23,25). The van der Waals surface area contributed by atoms with E-state index in [0.29, 0.717) is 5.56 Å². The Morgan fingerprint density at radius 3 is 2.28 bits per heavy atom. The van der Waals surface area contributed by atoms with Crippen LogP contribution in [-0.4, -0.2) is 15.7 Å². The lowest BCUT2D eigenvalue weighted by atomic mass is 9.71. The van der Waals surface area contributed by atoms with Gasteiger partial charge in [0.15, 0.2) is 0 Å². The summed E-state index contributed by atoms with van der Waals surface area (Å²) in [5, 5.41) is 7.69. The van der Waals surface area contributed by atoms with Crippen LogP contribution in [0, 0.1) is 6.92 Å². The zero-order chi connectivity index (χ0) is 17.3. The van der Waals surface area contributed by atoms with Crippen LogP contribution >= 0.6 is 0 Å². The molecule has 0 saturated heterocycles. The van der Waals surface area contributed by atoms with Gasteiger partial charge in [-0.3, -0.25) is 4.79 Å². The number of aromatic nitrogens is 2. The van der Waals surface area contributed by atoms with Crippen LogP contribution in [0.5, 0.6) is 0 Å². The molecule has 3 aromatic rings. The number of benzene rings is 2. The zero-order valence-corrected chi connectivity index (χ0v) is 14.3. The van der Waals surface area contributed by atoms with Gasteiger partial charge in [0.2, 0.25) is 0 Å². The summed E-state index contributed by atoms with van der Waals surface area (Å²) in [5.41, 5.74) is 3.39. The lowest BCUT2D eigenvalue weighted by Gasteiger charge is -2.43. The van der Waals surface area contributed by atoms with E-state index >= 15 is 0 Å². The molecule has 0 bridgehead atoms. The van der Waals surface area contributed by atoms with E-state index in [-0.39, 0.29) is 11.4 Å². The summed E-state index contributed by atoms with van der Waals surface area (Å²) >= 11 is 0. The SMILES string of the molecule is Cc1c(C(=O)NC2(c3ccccc3)CCC2)cnn1-c1ccccc1. The molecule has 1 aliphatic rings. The fourth-order valence-electron chi connectivity index (χ4n) is 3.52. The monoisotopic (exact) mass is 331 g/mol. The number of nitrogens with one attached hydrogen (secondary N) is 1. The highest BCUT2D eigenvalue weighted by Crippen LogP contribution is 2.41. The number of carbonyl (C=O) groups excluding carboxylic acids is 1. The Morgan fingerprint density at radius 1 is 1.04 bits per heavy atom. The van der Waals surface area contributed by atoms with Crippen molar-refractivity contribution in [3.63, 3.8) is 0 Å². The first-order chi connectivity index (χ1) is 12.2. The minimum Gasteiger partial charge on any atom is -0.342 e. The first-order valence-corrected chi connectivity index (χ1v) is 8.68. The predicted molar refractivity (Wildman–Crippen MR) is 97.7 cm³/mol. The average molecular weight is 331 g/mol. The second-order valence-corrected chi connectivity index (χ2v) is 6.65. The molecule has 1 saturated carbocycles. The average Bonchev–Trinajstić information content (AvgIpc) is 3.01. The largest absolute Gasteiger partial charge is 0.342 e. The summed E-state index contributed by atoms with van der Waals surface area (Å²) in [5.74, 6) is -0.0526. The molecular formula is C21H21N3O. The molecule has 1 N–H and O–H groups in total. The topological polar surface area (TPSA) is 46.9 Å². The maximum atomic E-state index is 12.9. The fourth-order valence-corrected chi connectivity index (χ4v) is 3.52. The third-order valence-electron chi connectivity index (χ3n) is 5.14. The molecule has 1 fully saturated rings. The van der Waals surface area contributed by atoms with Gasteiger partial charge in [-0.25, -0.2) is 4.68 Å². The number of amides is 1. The maximum absolute atomic E-state index is 12.9. The van der Waals surface area contributed by atoms with Crippen LogP contribution in [0.3, 0.4) is 0 Å². The highest BCUT2D eigenvalue weighted by molar-refractivity contribution is 5.95. The number of rotatable bonds is 4. The molecule has 0 spiro atoms. The minimum atomic E-state index is -0.236. The van der Waals surface area contributed by atoms with Crippen LogP contribution in [0.25, 0.3) is 5.69 Å². The molecule has 25 heavy (non-hydrogen) atoms. The number of hydrogen-bond donors (Lipinski definition) is 1. The smallest absolute Gasteiger partial charge is 0.255 e. The molecule has 1 heterocycles. The predicted octanol–water partition coefficient (Wildman–Crippen LogP) is 3.99. The summed E-state index contributed by atoms with van der Waals surface area (Å²) in [7, 11) is 0. The Labute approximate surface area is 147 Å². The van der Waals surface area contributed by atoms with E-state index in [2.05, 4.69) is 22.5 Å². The fraction of sp³-hybridized carbons (Fsp3) is 0.238. The van der Waals surface area contributed by atoms with E-state index in [1.807, 2.05) is 60.1 Å². The van der Waals surface area contributed by atoms with E-state index < -0.39 is 0 Å². The van der Waals surface area contributed by atoms with Gasteiger partial charge in [-0.2, -0.15) is 5.10 Å². The molecule has 2 aromatic carbocycles. The van der Waals surface area contributed by atoms with Gasteiger partial charge in [0.05, 0.1) is 28.7 Å². The first kappa shape index (κ1) is 15.6. The lowest BCUT2D eigenvalue weighted by Crippen LogP contribution is -2.50. The Morgan fingerprint density at radius 2 is 1.68 bits per heavy atom. The van der Waals surface area contributed by atoms with Gasteiger partial charge in [0.1, 0.15) is 0 Å². The summed E-state index contributed by atoms with van der Waals surface area (Å²) in [4.78, 5) is 12.9. The molecule has 1 aliphatic carbocycles. The Bertz CT molecular complexity index is 880. The Hall–Kier alpha value is -2.88. The number of para-hydroxylation sites is 1. The molecule has 4 heteroatoms. The maximum Gasteiger partial charge on any atom is 0.255 e. The van der Waals surface area contributed by atoms with Crippen LogP contribution in [0.15, 0.2) is 66.9 Å². The van der Waals surface area contributed by atoms with E-state index in [0.717, 1.165) is 30.6 Å². The molecule has 0 radical (unpaired) electrons. The summed E-state index contributed by atoms with van der Waals surface area (Å²) < 4.78 is 1.81. The van der Waals surface area contributed by atoms with Gasteiger partial charge < -0.3 is 5.32 Å². The van der Waals surface area contributed by atoms with Crippen LogP contribution in [0.2, 0.25) is 0 Å². The highest BCUT2D eigenvalue weighted by atomic mass is 16.1. The highest BCUT2D eigenvalue weighted by Gasteiger charge is 2.40. The van der Waals surface area contributed by atoms with Crippen molar-refractivity contribution < 1.29 is 4.79 Å². The molecule has 1 aromatic heterocycles. The van der Waals surface area contributed by atoms with Gasteiger partial charge >= 0.3 is 0 Å². The van der Waals surface area contributed by atoms with Crippen molar-refractivity contribution in [1.82, 2.24) is 15.1 Å². The summed E-state index contributed by atoms with van der Waals surface area (Å²) in [6.07, 6.45) is 4.76. The van der Waals surface area contributed by atoms with Crippen molar-refractivity contribution in [2.45, 2.75) is 31.7 Å². The molecular weight excluding hydrogens is 310 g/mol. The molecule has 1 amide bonds. The summed E-state index contributed by atoms with van der Waals surface area (Å²) in [6, 6.07) is 20.1. The van der Waals surface area contributed by atoms with Gasteiger partial charge in [-0.05, 0) is 43.9 Å². The van der Waals surface area contributed by atoms with Crippen molar-refractivity contribution in [2.75, 3.05) is 0 Å². The molecule has 0 atom stereocenters. The molecule has 0 aliphatic heterocycles. The van der Waals surface area contributed by atoms with Gasteiger partial charge in [0, 0.05) is 0 Å². The normalized spacial score (nSPS) is 15.4. The lowest BCUT2D eigenvalue weighted by molar-refractivity contribution is 0.0822. The summed E-state index contributed by atoms with van der Waals surface area (Å²) in [6.45, 7) is 1.94. The van der Waals surface area contributed by atoms with Crippen molar-refractivity contribution in [2.24, 2.45) is 0 Å². The quantitative estimate of drug-likeness (QED) is 0.786.